The first-order valence-corrected chi connectivity index (χ1v) is 1.33. The van der Waals surface area contributed by atoms with E-state index in [0.717, 1.165) is 12.5 Å². The summed E-state index contributed by atoms with van der Waals surface area (Å²) in [6.07, 6.45) is 1.50. The summed E-state index contributed by atoms with van der Waals surface area (Å²) in [5.41, 5.74) is 0. The van der Waals surface area contributed by atoms with Crippen LogP contribution in [0.15, 0.2) is 25.7 Å². The number of hydrogen-bond acceptors (Lipinski definition) is 2. The van der Waals surface area contributed by atoms with Crippen molar-refractivity contribution >= 4 is 0 Å². The molecule has 0 atom stereocenters. The van der Waals surface area contributed by atoms with E-state index in [1.807, 2.05) is 0 Å². The van der Waals surface area contributed by atoms with Crippen LogP contribution in [0, 0.1) is 0 Å². The molecule has 0 aliphatic rings. The summed E-state index contributed by atoms with van der Waals surface area (Å²) in [6, 6.07) is 0. The van der Waals surface area contributed by atoms with Crippen molar-refractivity contribution in [3.63, 3.8) is 0 Å². The van der Waals surface area contributed by atoms with Gasteiger partial charge in [0.15, 0.2) is 0 Å². The molecule has 2 N–H and O–H groups in total. The third-order valence-corrected chi connectivity index (χ3v) is 0. The fourth-order valence-electron chi connectivity index (χ4n) is 0. The number of aliphatic hydroxyl groups is 2. The predicted molar refractivity (Wildman–Crippen MR) is 25.7 cm³/mol. The molecule has 0 radical (unpaired) electrons. The smallest absolute Gasteiger partial charge is 0.0719 e. The van der Waals surface area contributed by atoms with E-state index in [2.05, 4.69) is 13.2 Å². The van der Waals surface area contributed by atoms with Gasteiger partial charge in [-0.05, 0) is 0 Å². The molecule has 0 saturated carbocycles. The van der Waals surface area contributed by atoms with Crippen LogP contribution in [0.4, 0.5) is 0 Å². The van der Waals surface area contributed by atoms with Crippen molar-refractivity contribution in [3.8, 4) is 0 Å². The van der Waals surface area contributed by atoms with Crippen molar-refractivity contribution in [2.24, 2.45) is 0 Å². The normalized spacial score (nSPS) is 3.00. The van der Waals surface area contributed by atoms with Gasteiger partial charge in [0, 0.05) is 42.1 Å². The van der Waals surface area contributed by atoms with Crippen molar-refractivity contribution in [2.45, 2.75) is 0 Å². The van der Waals surface area contributed by atoms with Gasteiger partial charge in [0.05, 0.1) is 12.5 Å². The van der Waals surface area contributed by atoms with E-state index < -0.39 is 0 Å². The third-order valence-electron chi connectivity index (χ3n) is 0. The monoisotopic (exact) mass is 456 g/mol. The van der Waals surface area contributed by atoms with Crippen molar-refractivity contribution < 1.29 is 52.3 Å². The quantitative estimate of drug-likeness (QED) is 0.542. The van der Waals surface area contributed by atoms with Gasteiger partial charge in [-0.15, -0.1) is 0 Å². The summed E-state index contributed by atoms with van der Waals surface area (Å²) in [4.78, 5) is 0. The first-order valence-electron chi connectivity index (χ1n) is 1.33. The summed E-state index contributed by atoms with van der Waals surface area (Å²) >= 11 is 0. The zero-order chi connectivity index (χ0) is 5.41. The Morgan fingerprint density at radius 1 is 0.875 bits per heavy atom. The Bertz CT molecular complexity index is 33.0. The number of hydrogen-bond donors (Lipinski definition) is 2. The molecule has 0 aromatic rings. The first-order chi connectivity index (χ1) is 2.83. The van der Waals surface area contributed by atoms with Crippen molar-refractivity contribution in [3.05, 3.63) is 25.7 Å². The largest absolute Gasteiger partial charge is 0.516 e. The fraction of sp³-hybridized carbons (Fsp3) is 0. The first kappa shape index (κ1) is 23.7. The number of rotatable bonds is 0. The van der Waals surface area contributed by atoms with Crippen LogP contribution >= 0.6 is 0 Å². The van der Waals surface area contributed by atoms with E-state index in [9.17, 15) is 0 Å². The van der Waals surface area contributed by atoms with Gasteiger partial charge >= 0.3 is 0 Å². The van der Waals surface area contributed by atoms with Crippen molar-refractivity contribution in [2.75, 3.05) is 0 Å². The van der Waals surface area contributed by atoms with Crippen molar-refractivity contribution in [1.29, 1.82) is 0 Å². The van der Waals surface area contributed by atoms with Crippen LogP contribution in [0.5, 0.6) is 0 Å². The number of aliphatic hydroxyl groups excluding tert-OH is 2. The molecule has 0 bridgehead atoms. The van der Waals surface area contributed by atoms with Crippen LogP contribution in [-0.4, -0.2) is 10.2 Å². The van der Waals surface area contributed by atoms with Crippen LogP contribution in [-0.2, 0) is 42.1 Å². The summed E-state index contributed by atoms with van der Waals surface area (Å²) in [7, 11) is 0. The molecule has 0 spiro atoms. The van der Waals surface area contributed by atoms with Crippen molar-refractivity contribution in [1.82, 2.24) is 0 Å². The van der Waals surface area contributed by atoms with Crippen LogP contribution in [0.1, 0.15) is 0 Å². The maximum absolute atomic E-state index is 7.33. The molecule has 0 aliphatic heterocycles. The van der Waals surface area contributed by atoms with E-state index in [4.69, 9.17) is 10.2 Å². The van der Waals surface area contributed by atoms with Gasteiger partial charge in [-0.25, -0.2) is 0 Å². The van der Waals surface area contributed by atoms with Crippen LogP contribution in [0.2, 0.25) is 0 Å². The maximum Gasteiger partial charge on any atom is 0.0719 e. The van der Waals surface area contributed by atoms with E-state index in [-0.39, 0.29) is 42.1 Å². The zero-order valence-electron chi connectivity index (χ0n) is 4.28. The van der Waals surface area contributed by atoms with E-state index in [0.29, 0.717) is 0 Å². The maximum atomic E-state index is 7.33. The summed E-state index contributed by atoms with van der Waals surface area (Å²) < 4.78 is 0. The molecule has 48 valence electrons. The minimum absolute atomic E-state index is 0. The molecule has 0 rings (SSSR count). The second kappa shape index (κ2) is 51.5. The molecule has 0 fully saturated rings. The molecule has 8 heavy (non-hydrogen) atoms. The van der Waals surface area contributed by atoms with Gasteiger partial charge in [0.2, 0.25) is 0 Å². The van der Waals surface area contributed by atoms with Crippen LogP contribution in [0.25, 0.3) is 0 Å². The van der Waals surface area contributed by atoms with Gasteiger partial charge in [0.25, 0.3) is 0 Å². The average Bonchev–Trinajstić information content (AvgIpc) is 1.39. The minimum Gasteiger partial charge on any atom is -0.516 e. The Labute approximate surface area is 77.8 Å². The third kappa shape index (κ3) is 922. The van der Waals surface area contributed by atoms with Crippen LogP contribution < -0.4 is 0 Å². The Morgan fingerprint density at radius 3 is 0.875 bits per heavy atom. The topological polar surface area (TPSA) is 40.5 Å². The zero-order valence-corrected chi connectivity index (χ0v) is 10.1. The Kier molecular flexibility index (Phi) is 152. The van der Waals surface area contributed by atoms with Gasteiger partial charge in [-0.3, -0.25) is 0 Å². The summed E-state index contributed by atoms with van der Waals surface area (Å²) in [6.45, 7) is 5.83. The Hall–Kier alpha value is 0.457. The molecule has 0 amide bonds. The molecule has 2 nitrogen and oxygen atoms in total. The van der Waals surface area contributed by atoms with Gasteiger partial charge in [-0.2, -0.15) is 0 Å². The molecule has 0 unspecified atom stereocenters. The van der Waals surface area contributed by atoms with Crippen LogP contribution in [0.3, 0.4) is 0 Å². The molecular formula is C4H8O2W2. The second-order valence-electron chi connectivity index (χ2n) is 0.365. The van der Waals surface area contributed by atoms with E-state index in [1.165, 1.54) is 0 Å². The summed E-state index contributed by atoms with van der Waals surface area (Å²) in [5.74, 6) is 0. The fourth-order valence-corrected chi connectivity index (χ4v) is 0. The molecule has 4 heteroatoms. The van der Waals surface area contributed by atoms with Gasteiger partial charge in [0.1, 0.15) is 0 Å². The molecule has 0 saturated heterocycles. The molecular weight excluding hydrogens is 448 g/mol. The molecule has 0 aromatic carbocycles. The molecule has 0 aromatic heterocycles. The minimum atomic E-state index is 0. The second-order valence-corrected chi connectivity index (χ2v) is 0.365. The van der Waals surface area contributed by atoms with Gasteiger partial charge in [-0.1, -0.05) is 13.2 Å². The predicted octanol–water partition coefficient (Wildman–Crippen LogP) is 1.37. The Balaban J connectivity index is -0.0000000160. The summed E-state index contributed by atoms with van der Waals surface area (Å²) in [5, 5.41) is 14.7. The molecule has 0 heterocycles. The SMILES string of the molecule is C=CO.C=CO.[W].[W]. The average molecular weight is 456 g/mol. The Morgan fingerprint density at radius 2 is 0.875 bits per heavy atom. The molecule has 0 aliphatic carbocycles. The van der Waals surface area contributed by atoms with E-state index >= 15 is 0 Å². The van der Waals surface area contributed by atoms with E-state index in [1.54, 1.807) is 0 Å². The van der Waals surface area contributed by atoms with Gasteiger partial charge < -0.3 is 10.2 Å². The standard InChI is InChI=1S/2C2H4O.2W/c2*1-2-3;;/h2*2-3H,1H2;;.